The summed E-state index contributed by atoms with van der Waals surface area (Å²) in [6.45, 7) is 1.77. The van der Waals surface area contributed by atoms with Crippen molar-refractivity contribution in [3.63, 3.8) is 0 Å². The van der Waals surface area contributed by atoms with E-state index in [0.717, 1.165) is 25.2 Å². The second-order valence-electron chi connectivity index (χ2n) is 3.91. The van der Waals surface area contributed by atoms with Crippen molar-refractivity contribution in [1.29, 1.82) is 0 Å². The summed E-state index contributed by atoms with van der Waals surface area (Å²) in [4.78, 5) is 4.30. The van der Waals surface area contributed by atoms with Crippen LogP contribution in [0.15, 0.2) is 24.9 Å². The van der Waals surface area contributed by atoms with Gasteiger partial charge in [-0.15, -0.1) is 0 Å². The largest absolute Gasteiger partial charge is 0.337 e. The van der Waals surface area contributed by atoms with Gasteiger partial charge in [0.05, 0.1) is 18.2 Å². The molecule has 5 nitrogen and oxygen atoms in total. The van der Waals surface area contributed by atoms with Gasteiger partial charge in [0.1, 0.15) is 0 Å². The van der Waals surface area contributed by atoms with E-state index in [4.69, 9.17) is 0 Å². The van der Waals surface area contributed by atoms with Crippen molar-refractivity contribution in [2.75, 3.05) is 7.05 Å². The van der Waals surface area contributed by atoms with E-state index < -0.39 is 0 Å². The van der Waals surface area contributed by atoms with Gasteiger partial charge in [-0.2, -0.15) is 5.10 Å². The first-order valence-corrected chi connectivity index (χ1v) is 5.40. The summed E-state index contributed by atoms with van der Waals surface area (Å²) in [5, 5.41) is 7.23. The SMILES string of the molecule is CNCc1cn(CCc2cnn(C)c2)cn1. The first-order chi connectivity index (χ1) is 7.78. The van der Waals surface area contributed by atoms with Gasteiger partial charge in [-0.3, -0.25) is 4.68 Å². The lowest BCUT2D eigenvalue weighted by Crippen LogP contribution is -2.05. The van der Waals surface area contributed by atoms with Crippen molar-refractivity contribution in [2.45, 2.75) is 19.5 Å². The van der Waals surface area contributed by atoms with Crippen LogP contribution in [-0.4, -0.2) is 26.4 Å². The third kappa shape index (κ3) is 2.70. The molecule has 2 aromatic heterocycles. The van der Waals surface area contributed by atoms with Gasteiger partial charge in [0.2, 0.25) is 0 Å². The van der Waals surface area contributed by atoms with Gasteiger partial charge in [0, 0.05) is 32.5 Å². The van der Waals surface area contributed by atoms with Crippen molar-refractivity contribution in [2.24, 2.45) is 7.05 Å². The Bertz CT molecular complexity index is 443. The van der Waals surface area contributed by atoms with Crippen molar-refractivity contribution < 1.29 is 0 Å². The minimum atomic E-state index is 0.819. The molecule has 86 valence electrons. The minimum absolute atomic E-state index is 0.819. The second kappa shape index (κ2) is 4.94. The van der Waals surface area contributed by atoms with Crippen LogP contribution in [0.4, 0.5) is 0 Å². The Morgan fingerprint density at radius 1 is 1.38 bits per heavy atom. The number of rotatable bonds is 5. The van der Waals surface area contributed by atoms with Crippen LogP contribution in [0.2, 0.25) is 0 Å². The molecule has 0 saturated carbocycles. The lowest BCUT2D eigenvalue weighted by atomic mass is 10.2. The average Bonchev–Trinajstić information content (AvgIpc) is 2.85. The Balaban J connectivity index is 1.89. The maximum Gasteiger partial charge on any atom is 0.0950 e. The molecule has 0 atom stereocenters. The zero-order valence-electron chi connectivity index (χ0n) is 9.72. The van der Waals surface area contributed by atoms with Gasteiger partial charge in [0.15, 0.2) is 0 Å². The van der Waals surface area contributed by atoms with E-state index in [2.05, 4.69) is 26.2 Å². The summed E-state index contributed by atoms with van der Waals surface area (Å²) in [6, 6.07) is 0. The number of imidazole rings is 1. The number of hydrogen-bond donors (Lipinski definition) is 1. The predicted molar refractivity (Wildman–Crippen MR) is 61.9 cm³/mol. The molecule has 1 N–H and O–H groups in total. The number of aryl methyl sites for hydroxylation is 3. The first kappa shape index (κ1) is 10.9. The number of nitrogens with one attached hydrogen (secondary N) is 1. The lowest BCUT2D eigenvalue weighted by Gasteiger charge is -1.99. The van der Waals surface area contributed by atoms with Gasteiger partial charge in [-0.1, -0.05) is 0 Å². The van der Waals surface area contributed by atoms with Gasteiger partial charge < -0.3 is 9.88 Å². The average molecular weight is 219 g/mol. The molecule has 0 aliphatic rings. The van der Waals surface area contributed by atoms with Gasteiger partial charge >= 0.3 is 0 Å². The van der Waals surface area contributed by atoms with Crippen LogP contribution < -0.4 is 5.32 Å². The summed E-state index contributed by atoms with van der Waals surface area (Å²) in [7, 11) is 3.86. The van der Waals surface area contributed by atoms with Crippen LogP contribution in [0.1, 0.15) is 11.3 Å². The third-order valence-corrected chi connectivity index (χ3v) is 2.46. The highest BCUT2D eigenvalue weighted by molar-refractivity contribution is 5.04. The Kier molecular flexibility index (Phi) is 3.36. The predicted octanol–water partition coefficient (Wildman–Crippen LogP) is 0.579. The molecule has 2 aromatic rings. The molecule has 16 heavy (non-hydrogen) atoms. The fraction of sp³-hybridized carbons (Fsp3) is 0.455. The van der Waals surface area contributed by atoms with E-state index in [1.807, 2.05) is 37.5 Å². The summed E-state index contributed by atoms with van der Waals surface area (Å²) in [6.07, 6.45) is 8.90. The van der Waals surface area contributed by atoms with Gasteiger partial charge in [-0.25, -0.2) is 4.98 Å². The molecular weight excluding hydrogens is 202 g/mol. The molecule has 0 spiro atoms. The van der Waals surface area contributed by atoms with Crippen LogP contribution in [0.3, 0.4) is 0 Å². The van der Waals surface area contributed by atoms with E-state index in [1.165, 1.54) is 5.56 Å². The molecule has 2 heterocycles. The van der Waals surface area contributed by atoms with E-state index in [-0.39, 0.29) is 0 Å². The fourth-order valence-corrected chi connectivity index (χ4v) is 1.66. The Morgan fingerprint density at radius 2 is 2.25 bits per heavy atom. The van der Waals surface area contributed by atoms with Crippen LogP contribution in [0.5, 0.6) is 0 Å². The molecule has 2 rings (SSSR count). The standard InChI is InChI=1S/C11H17N5/c1-12-6-11-8-16(9-13-11)4-3-10-5-14-15(2)7-10/h5,7-9,12H,3-4,6H2,1-2H3. The van der Waals surface area contributed by atoms with Crippen molar-refractivity contribution in [3.05, 3.63) is 36.2 Å². The topological polar surface area (TPSA) is 47.7 Å². The summed E-state index contributed by atoms with van der Waals surface area (Å²) < 4.78 is 3.94. The minimum Gasteiger partial charge on any atom is -0.337 e. The van der Waals surface area contributed by atoms with Gasteiger partial charge in [0.25, 0.3) is 0 Å². The molecule has 0 radical (unpaired) electrons. The molecule has 0 saturated heterocycles. The molecule has 0 aromatic carbocycles. The molecule has 0 aliphatic carbocycles. The smallest absolute Gasteiger partial charge is 0.0950 e. The number of aromatic nitrogens is 4. The normalized spacial score (nSPS) is 10.9. The summed E-state index contributed by atoms with van der Waals surface area (Å²) in [5.74, 6) is 0. The van der Waals surface area contributed by atoms with E-state index in [9.17, 15) is 0 Å². The molecule has 0 aliphatic heterocycles. The van der Waals surface area contributed by atoms with Gasteiger partial charge in [-0.05, 0) is 19.0 Å². The number of nitrogens with zero attached hydrogens (tertiary/aromatic N) is 4. The highest BCUT2D eigenvalue weighted by atomic mass is 15.2. The Morgan fingerprint density at radius 3 is 2.94 bits per heavy atom. The highest BCUT2D eigenvalue weighted by Gasteiger charge is 1.99. The van der Waals surface area contributed by atoms with Crippen LogP contribution in [0.25, 0.3) is 0 Å². The van der Waals surface area contributed by atoms with Crippen LogP contribution in [0, 0.1) is 0 Å². The van der Waals surface area contributed by atoms with Crippen molar-refractivity contribution in [3.8, 4) is 0 Å². The van der Waals surface area contributed by atoms with Crippen LogP contribution >= 0.6 is 0 Å². The maximum absolute atomic E-state index is 4.30. The first-order valence-electron chi connectivity index (χ1n) is 5.40. The molecule has 0 bridgehead atoms. The summed E-state index contributed by atoms with van der Waals surface area (Å²) in [5.41, 5.74) is 2.33. The Labute approximate surface area is 95.1 Å². The fourth-order valence-electron chi connectivity index (χ4n) is 1.66. The molecule has 0 unspecified atom stereocenters. The zero-order valence-corrected chi connectivity index (χ0v) is 9.72. The quantitative estimate of drug-likeness (QED) is 0.800. The lowest BCUT2D eigenvalue weighted by molar-refractivity contribution is 0.692. The maximum atomic E-state index is 4.30. The van der Waals surface area contributed by atoms with E-state index >= 15 is 0 Å². The third-order valence-electron chi connectivity index (χ3n) is 2.46. The van der Waals surface area contributed by atoms with E-state index in [0.29, 0.717) is 0 Å². The zero-order chi connectivity index (χ0) is 11.4. The Hall–Kier alpha value is -1.62. The molecule has 0 amide bonds. The summed E-state index contributed by atoms with van der Waals surface area (Å²) >= 11 is 0. The van der Waals surface area contributed by atoms with Crippen molar-refractivity contribution in [1.82, 2.24) is 24.6 Å². The molecule has 0 fully saturated rings. The monoisotopic (exact) mass is 219 g/mol. The second-order valence-corrected chi connectivity index (χ2v) is 3.91. The molecular formula is C11H17N5. The van der Waals surface area contributed by atoms with E-state index in [1.54, 1.807) is 0 Å². The number of hydrogen-bond acceptors (Lipinski definition) is 3. The van der Waals surface area contributed by atoms with Crippen molar-refractivity contribution >= 4 is 0 Å². The molecule has 5 heteroatoms. The highest BCUT2D eigenvalue weighted by Crippen LogP contribution is 2.02. The van der Waals surface area contributed by atoms with Crippen LogP contribution in [-0.2, 0) is 26.6 Å².